The highest BCUT2D eigenvalue weighted by Gasteiger charge is 2.22. The summed E-state index contributed by atoms with van der Waals surface area (Å²) in [4.78, 5) is 24.0. The van der Waals surface area contributed by atoms with Crippen LogP contribution in [0.1, 0.15) is 20.7 Å². The second kappa shape index (κ2) is 6.17. The molecule has 2 rings (SSSR count). The van der Waals surface area contributed by atoms with Crippen LogP contribution in [0.15, 0.2) is 36.4 Å². The van der Waals surface area contributed by atoms with Gasteiger partial charge in [0.2, 0.25) is 0 Å². The summed E-state index contributed by atoms with van der Waals surface area (Å²) in [5.41, 5.74) is 13.5. The van der Waals surface area contributed by atoms with Crippen LogP contribution >= 0.6 is 0 Å². The van der Waals surface area contributed by atoms with Crippen molar-refractivity contribution in [1.82, 2.24) is 0 Å². The van der Waals surface area contributed by atoms with Crippen molar-refractivity contribution >= 4 is 23.3 Å². The van der Waals surface area contributed by atoms with Crippen LogP contribution in [-0.2, 0) is 9.47 Å². The lowest BCUT2D eigenvalue weighted by Gasteiger charge is -2.15. The van der Waals surface area contributed by atoms with Crippen molar-refractivity contribution in [3.8, 4) is 11.1 Å². The van der Waals surface area contributed by atoms with Crippen LogP contribution in [0.3, 0.4) is 0 Å². The number of rotatable bonds is 3. The summed E-state index contributed by atoms with van der Waals surface area (Å²) in [6.07, 6.45) is 0. The third kappa shape index (κ3) is 2.58. The van der Waals surface area contributed by atoms with E-state index in [1.807, 2.05) is 0 Å². The van der Waals surface area contributed by atoms with Crippen LogP contribution in [0.4, 0.5) is 11.4 Å². The molecule has 0 bridgehead atoms. The van der Waals surface area contributed by atoms with Gasteiger partial charge in [-0.15, -0.1) is 0 Å². The van der Waals surface area contributed by atoms with Crippen molar-refractivity contribution in [1.29, 1.82) is 0 Å². The minimum Gasteiger partial charge on any atom is -0.465 e. The van der Waals surface area contributed by atoms with Gasteiger partial charge < -0.3 is 20.9 Å². The van der Waals surface area contributed by atoms with Crippen LogP contribution in [0.5, 0.6) is 0 Å². The van der Waals surface area contributed by atoms with Crippen molar-refractivity contribution in [3.05, 3.63) is 47.5 Å². The van der Waals surface area contributed by atoms with Crippen molar-refractivity contribution in [2.75, 3.05) is 25.7 Å². The third-order valence-corrected chi connectivity index (χ3v) is 3.29. The van der Waals surface area contributed by atoms with Crippen LogP contribution < -0.4 is 11.5 Å². The van der Waals surface area contributed by atoms with Gasteiger partial charge in [0, 0.05) is 0 Å². The smallest absolute Gasteiger partial charge is 0.340 e. The number of carbonyl (C=O) groups is 2. The van der Waals surface area contributed by atoms with E-state index in [-0.39, 0.29) is 16.9 Å². The molecular formula is C16H16N2O4. The SMILES string of the molecule is COC(=O)c1ccccc1-c1ccc(N)c(N)c1C(=O)OC. The Morgan fingerprint density at radius 3 is 2.14 bits per heavy atom. The highest BCUT2D eigenvalue weighted by Crippen LogP contribution is 2.34. The Labute approximate surface area is 127 Å². The summed E-state index contributed by atoms with van der Waals surface area (Å²) in [5.74, 6) is -1.14. The standard InChI is InChI=1S/C16H16N2O4/c1-21-15(19)11-6-4-3-5-9(11)10-7-8-12(17)14(18)13(10)16(20)22-2/h3-8H,17-18H2,1-2H3. The molecule has 6 nitrogen and oxygen atoms in total. The second-order valence-electron chi connectivity index (χ2n) is 4.52. The molecule has 4 N–H and O–H groups in total. The first-order chi connectivity index (χ1) is 10.5. The minimum absolute atomic E-state index is 0.115. The van der Waals surface area contributed by atoms with E-state index in [9.17, 15) is 9.59 Å². The van der Waals surface area contributed by atoms with E-state index in [4.69, 9.17) is 20.9 Å². The fourth-order valence-corrected chi connectivity index (χ4v) is 2.19. The molecule has 0 aromatic heterocycles. The lowest BCUT2D eigenvalue weighted by Crippen LogP contribution is -2.11. The molecule has 0 saturated carbocycles. The topological polar surface area (TPSA) is 105 Å². The maximum absolute atomic E-state index is 12.1. The van der Waals surface area contributed by atoms with Gasteiger partial charge in [0.25, 0.3) is 0 Å². The fraction of sp³-hybridized carbons (Fsp3) is 0.125. The van der Waals surface area contributed by atoms with Gasteiger partial charge in [0.1, 0.15) is 0 Å². The number of ether oxygens (including phenoxy) is 2. The molecule has 2 aromatic rings. The lowest BCUT2D eigenvalue weighted by atomic mass is 9.93. The largest absolute Gasteiger partial charge is 0.465 e. The van der Waals surface area contributed by atoms with E-state index in [0.29, 0.717) is 16.7 Å². The summed E-state index contributed by atoms with van der Waals surface area (Å²) in [6, 6.07) is 9.95. The summed E-state index contributed by atoms with van der Waals surface area (Å²) in [5, 5.41) is 0. The Morgan fingerprint density at radius 2 is 1.50 bits per heavy atom. The van der Waals surface area contributed by atoms with E-state index in [2.05, 4.69) is 0 Å². The zero-order valence-electron chi connectivity index (χ0n) is 12.3. The summed E-state index contributed by atoms with van der Waals surface area (Å²) < 4.78 is 9.54. The van der Waals surface area contributed by atoms with Gasteiger partial charge in [-0.2, -0.15) is 0 Å². The number of benzene rings is 2. The minimum atomic E-state index is -0.625. The maximum Gasteiger partial charge on any atom is 0.340 e. The predicted octanol–water partition coefficient (Wildman–Crippen LogP) is 2.09. The molecule has 0 aliphatic heterocycles. The zero-order valence-corrected chi connectivity index (χ0v) is 12.3. The molecule has 0 spiro atoms. The molecule has 0 saturated heterocycles. The molecule has 0 aliphatic carbocycles. The Hall–Kier alpha value is -3.02. The number of nitrogens with two attached hydrogens (primary N) is 2. The molecule has 114 valence electrons. The zero-order chi connectivity index (χ0) is 16.3. The molecule has 0 atom stereocenters. The second-order valence-corrected chi connectivity index (χ2v) is 4.52. The number of nitrogen functional groups attached to an aromatic ring is 2. The van der Waals surface area contributed by atoms with Gasteiger partial charge in [0.05, 0.1) is 36.7 Å². The molecule has 0 amide bonds. The molecule has 2 aromatic carbocycles. The molecule has 0 radical (unpaired) electrons. The van der Waals surface area contributed by atoms with Gasteiger partial charge >= 0.3 is 11.9 Å². The summed E-state index contributed by atoms with van der Waals surface area (Å²) in [6.45, 7) is 0. The molecular weight excluding hydrogens is 284 g/mol. The van der Waals surface area contributed by atoms with E-state index >= 15 is 0 Å². The Balaban J connectivity index is 2.76. The monoisotopic (exact) mass is 300 g/mol. The molecule has 22 heavy (non-hydrogen) atoms. The highest BCUT2D eigenvalue weighted by molar-refractivity contribution is 6.07. The van der Waals surface area contributed by atoms with Crippen LogP contribution in [0.2, 0.25) is 0 Å². The number of hydrogen-bond donors (Lipinski definition) is 2. The van der Waals surface area contributed by atoms with E-state index in [0.717, 1.165) is 0 Å². The lowest BCUT2D eigenvalue weighted by molar-refractivity contribution is 0.0590. The maximum atomic E-state index is 12.1. The third-order valence-electron chi connectivity index (χ3n) is 3.29. The highest BCUT2D eigenvalue weighted by atomic mass is 16.5. The van der Waals surface area contributed by atoms with Gasteiger partial charge in [0.15, 0.2) is 0 Å². The average Bonchev–Trinajstić information content (AvgIpc) is 2.55. The number of esters is 2. The van der Waals surface area contributed by atoms with E-state index in [1.54, 1.807) is 36.4 Å². The van der Waals surface area contributed by atoms with Gasteiger partial charge in [-0.3, -0.25) is 0 Å². The molecule has 0 heterocycles. The average molecular weight is 300 g/mol. The normalized spacial score (nSPS) is 10.1. The molecule has 0 fully saturated rings. The van der Waals surface area contributed by atoms with Crippen molar-refractivity contribution < 1.29 is 19.1 Å². The van der Waals surface area contributed by atoms with E-state index < -0.39 is 11.9 Å². The number of methoxy groups -OCH3 is 2. The predicted molar refractivity (Wildman–Crippen MR) is 83.4 cm³/mol. The fourth-order valence-electron chi connectivity index (χ4n) is 2.19. The van der Waals surface area contributed by atoms with Crippen molar-refractivity contribution in [3.63, 3.8) is 0 Å². The van der Waals surface area contributed by atoms with Crippen molar-refractivity contribution in [2.24, 2.45) is 0 Å². The number of hydrogen-bond acceptors (Lipinski definition) is 6. The van der Waals surface area contributed by atoms with E-state index in [1.165, 1.54) is 14.2 Å². The first kappa shape index (κ1) is 15.4. The summed E-state index contributed by atoms with van der Waals surface area (Å²) in [7, 11) is 2.54. The van der Waals surface area contributed by atoms with Gasteiger partial charge in [-0.1, -0.05) is 24.3 Å². The van der Waals surface area contributed by atoms with Gasteiger partial charge in [-0.25, -0.2) is 9.59 Å². The number of anilines is 2. The Bertz CT molecular complexity index is 741. The summed E-state index contributed by atoms with van der Waals surface area (Å²) >= 11 is 0. The molecule has 0 unspecified atom stereocenters. The van der Waals surface area contributed by atoms with Crippen molar-refractivity contribution in [2.45, 2.75) is 0 Å². The molecule has 6 heteroatoms. The van der Waals surface area contributed by atoms with Crippen LogP contribution in [-0.4, -0.2) is 26.2 Å². The molecule has 0 aliphatic rings. The van der Waals surface area contributed by atoms with Gasteiger partial charge in [-0.05, 0) is 23.3 Å². The van der Waals surface area contributed by atoms with Crippen LogP contribution in [0.25, 0.3) is 11.1 Å². The number of carbonyl (C=O) groups excluding carboxylic acids is 2. The Kier molecular flexibility index (Phi) is 4.31. The van der Waals surface area contributed by atoms with Crippen LogP contribution in [0, 0.1) is 0 Å². The first-order valence-corrected chi connectivity index (χ1v) is 6.45. The quantitative estimate of drug-likeness (QED) is 0.664. The first-order valence-electron chi connectivity index (χ1n) is 6.45. The Morgan fingerprint density at radius 1 is 0.864 bits per heavy atom.